The molecular formula is C69H80BrClN8O11Si2. The van der Waals surface area contributed by atoms with Crippen molar-refractivity contribution in [3.8, 4) is 48.1 Å². The highest BCUT2D eigenvalue weighted by Gasteiger charge is 2.21. The number of nitrogens with one attached hydrogen (secondary N) is 7. The number of hydrogen-bond acceptors (Lipinski definition) is 12. The summed E-state index contributed by atoms with van der Waals surface area (Å²) in [5, 5.41) is 9.49. The molecule has 0 unspecified atom stereocenters. The number of halogens is 2. The number of carbonyl (C=O) groups is 4. The molecule has 19 nitrogen and oxygen atoms in total. The van der Waals surface area contributed by atoms with E-state index in [4.69, 9.17) is 39.2 Å². The first-order valence-corrected chi connectivity index (χ1v) is 36.4. The number of rotatable bonds is 6. The van der Waals surface area contributed by atoms with Gasteiger partial charge in [0.15, 0.2) is 21.7 Å². The van der Waals surface area contributed by atoms with Crippen LogP contribution in [0.4, 0.5) is 14.4 Å². The van der Waals surface area contributed by atoms with Gasteiger partial charge in [0.25, 0.3) is 5.91 Å². The molecule has 0 radical (unpaired) electrons. The molecular weight excluding hydrogens is 1290 g/mol. The van der Waals surface area contributed by atoms with Gasteiger partial charge in [-0.25, -0.2) is 14.4 Å². The summed E-state index contributed by atoms with van der Waals surface area (Å²) < 4.78 is 16.2. The lowest BCUT2D eigenvalue weighted by molar-refractivity contribution is 0.0497. The molecule has 0 aliphatic rings. The van der Waals surface area contributed by atoms with Gasteiger partial charge >= 0.3 is 18.3 Å². The van der Waals surface area contributed by atoms with Gasteiger partial charge in [0.05, 0.1) is 13.1 Å². The maximum absolute atomic E-state index is 12.4. The number of aromatic nitrogens is 4. The van der Waals surface area contributed by atoms with Crippen LogP contribution in [0.3, 0.4) is 0 Å². The van der Waals surface area contributed by atoms with Crippen LogP contribution in [0, 0.1) is 48.1 Å². The van der Waals surface area contributed by atoms with Crippen LogP contribution in [0.1, 0.15) is 107 Å². The van der Waals surface area contributed by atoms with Crippen molar-refractivity contribution in [2.45, 2.75) is 138 Å². The second-order valence-electron chi connectivity index (χ2n) is 25.5. The molecule has 0 saturated carbocycles. The molecule has 0 bridgehead atoms. The molecule has 4 heterocycles. The summed E-state index contributed by atoms with van der Waals surface area (Å²) in [6, 6.07) is 26.7. The van der Waals surface area contributed by atoms with E-state index in [-0.39, 0.29) is 52.9 Å². The molecule has 0 saturated heterocycles. The van der Waals surface area contributed by atoms with Crippen molar-refractivity contribution < 1.29 is 33.4 Å². The first-order chi connectivity index (χ1) is 42.2. The Morgan fingerprint density at radius 1 is 0.500 bits per heavy atom. The second kappa shape index (κ2) is 33.1. The van der Waals surface area contributed by atoms with Crippen LogP contribution in [0.25, 0.3) is 43.6 Å². The smallest absolute Gasteiger partial charge is 0.414 e. The Morgan fingerprint density at radius 3 is 1.24 bits per heavy atom. The summed E-state index contributed by atoms with van der Waals surface area (Å²) in [5.41, 5.74) is 15.7. The Balaban J connectivity index is 0.000000314. The van der Waals surface area contributed by atoms with Crippen molar-refractivity contribution in [3.63, 3.8) is 0 Å². The van der Waals surface area contributed by atoms with Crippen molar-refractivity contribution in [1.82, 2.24) is 35.9 Å². The highest BCUT2D eigenvalue weighted by molar-refractivity contribution is 9.10. The highest BCUT2D eigenvalue weighted by Crippen LogP contribution is 2.18. The Labute approximate surface area is 552 Å². The third kappa shape index (κ3) is 26.6. The SMILES string of the molecule is C#C[Si](C)(C)C.C#Cc1ccc2[nH]c(CN)cc(=O)c2c1.C#Cc1ccc2[nH]c(CNC(=O)OC(C)(C)C)cc(=O)c2c1.CC(C)(C)OC(=O)NC(=O)c1cc(=O)c2cc(C#C[Si](C)(C)C)ccc2[nH]1.CC(C)(C)OC(=O)NCc1cc(=O)c2cc(Br)ccc2[nH]1.Cl. The Kier molecular flexibility index (Phi) is 27.6. The van der Waals surface area contributed by atoms with Crippen LogP contribution in [-0.4, -0.2) is 77.1 Å². The number of ether oxygens (including phenoxy) is 3. The predicted molar refractivity (Wildman–Crippen MR) is 379 cm³/mol. The van der Waals surface area contributed by atoms with Crippen molar-refractivity contribution in [2.75, 3.05) is 0 Å². The van der Waals surface area contributed by atoms with E-state index in [0.717, 1.165) is 32.8 Å². The lowest BCUT2D eigenvalue weighted by atomic mass is 10.1. The fourth-order valence-electron chi connectivity index (χ4n) is 7.49. The van der Waals surface area contributed by atoms with E-state index in [9.17, 15) is 38.4 Å². The minimum atomic E-state index is -1.52. The third-order valence-electron chi connectivity index (χ3n) is 11.5. The molecule has 0 spiro atoms. The fourth-order valence-corrected chi connectivity index (χ4v) is 8.37. The van der Waals surface area contributed by atoms with E-state index < -0.39 is 57.1 Å². The zero-order valence-corrected chi connectivity index (χ0v) is 58.8. The molecule has 23 heteroatoms. The summed E-state index contributed by atoms with van der Waals surface area (Å²) in [4.78, 5) is 108. The topological polar surface area (TPSA) is 290 Å². The third-order valence-corrected chi connectivity index (χ3v) is 13.8. The van der Waals surface area contributed by atoms with Gasteiger partial charge < -0.3 is 50.5 Å². The lowest BCUT2D eigenvalue weighted by Crippen LogP contribution is -2.37. The molecule has 8 aromatic rings. The van der Waals surface area contributed by atoms with Crippen molar-refractivity contribution >= 4 is 112 Å². The number of benzene rings is 4. The maximum Gasteiger partial charge on any atom is 0.414 e. The Bertz CT molecular complexity index is 4470. The van der Waals surface area contributed by atoms with Crippen molar-refractivity contribution in [1.29, 1.82) is 0 Å². The largest absolute Gasteiger partial charge is 0.444 e. The number of H-pyrrole nitrogens is 4. The standard InChI is InChI=1S/C20H24N2O4Si.C17H18N2O3.C15H17BrN2O3.C12H10N2O.C5H10Si.ClH/c1-20(2,3)26-19(25)22-18(24)16-12-17(23)14-11-13(7-8-15(14)21-16)9-10-27(4,5)6;1-5-11-6-7-14-13(8-11)15(20)9-12(19-14)10-18-16(21)22-17(2,3)4;1-15(2,3)21-14(20)17-8-10-7-13(19)11-6-9(16)4-5-12(11)18-10;1-2-8-3-4-11-10(5-8)12(15)6-9(7-13)14-11;1-5-6(2,3)4;/h7-8,11-12H,1-6H3,(H,21,23)(H,22,24,25);1,6-9H,10H2,2-4H3,(H,18,21)(H,19,20);4-7H,8H2,1-3H3,(H,17,20)(H,18,19);1,3-6H,7,13H2,(H,14,15);1H,2-4H3;1H. The number of aromatic amines is 4. The van der Waals surface area contributed by atoms with Crippen LogP contribution in [0.15, 0.2) is 121 Å². The summed E-state index contributed by atoms with van der Waals surface area (Å²) in [6.07, 6.45) is 13.8. The van der Waals surface area contributed by atoms with E-state index >= 15 is 0 Å². The van der Waals surface area contributed by atoms with Gasteiger partial charge in [-0.1, -0.05) is 73.0 Å². The Hall–Kier alpha value is -9.40. The molecule has 4 amide bonds. The summed E-state index contributed by atoms with van der Waals surface area (Å²) >= 11 is 3.34. The number of terminal acetylenes is 3. The molecule has 0 fully saturated rings. The number of amides is 4. The fraction of sp³-hybridized carbons (Fsp3) is 0.304. The average molecular weight is 1370 g/mol. The number of alkyl carbamates (subject to hydrolysis) is 3. The van der Waals surface area contributed by atoms with Crippen molar-refractivity contribution in [2.24, 2.45) is 5.73 Å². The van der Waals surface area contributed by atoms with Gasteiger partial charge in [-0.2, -0.15) is 0 Å². The zero-order chi connectivity index (χ0) is 68.4. The van der Waals surface area contributed by atoms with E-state index in [1.54, 1.807) is 123 Å². The van der Waals surface area contributed by atoms with Gasteiger partial charge in [0.1, 0.15) is 38.6 Å². The van der Waals surface area contributed by atoms with Crippen LogP contribution in [0.2, 0.25) is 39.3 Å². The number of carbonyl (C=O) groups excluding carboxylic acids is 4. The minimum Gasteiger partial charge on any atom is -0.444 e. The summed E-state index contributed by atoms with van der Waals surface area (Å²) in [7, 11) is -2.63. The second-order valence-corrected chi connectivity index (χ2v) is 36.0. The zero-order valence-electron chi connectivity index (χ0n) is 54.4. The molecule has 9 N–H and O–H groups in total. The highest BCUT2D eigenvalue weighted by atomic mass is 79.9. The van der Waals surface area contributed by atoms with Gasteiger partial charge in [-0.3, -0.25) is 29.3 Å². The number of pyridine rings is 4. The number of hydrogen-bond donors (Lipinski definition) is 8. The average Bonchev–Trinajstić information content (AvgIpc) is 0.938. The summed E-state index contributed by atoms with van der Waals surface area (Å²) in [5.74, 6) is 7.37. The van der Waals surface area contributed by atoms with Gasteiger partial charge in [-0.05, 0) is 135 Å². The number of nitrogens with two attached hydrogens (primary N) is 1. The Morgan fingerprint density at radius 2 is 0.848 bits per heavy atom. The lowest BCUT2D eigenvalue weighted by Gasteiger charge is -2.19. The molecule has 92 heavy (non-hydrogen) atoms. The first-order valence-electron chi connectivity index (χ1n) is 28.6. The van der Waals surface area contributed by atoms with Crippen LogP contribution in [0.5, 0.6) is 0 Å². The molecule has 4 aromatic carbocycles. The van der Waals surface area contributed by atoms with Crippen LogP contribution < -0.4 is 43.4 Å². The van der Waals surface area contributed by atoms with Crippen molar-refractivity contribution in [3.05, 3.63) is 182 Å². The molecule has 8 rings (SSSR count). The molecule has 0 aliphatic heterocycles. The minimum absolute atomic E-state index is 0. The first kappa shape index (κ1) is 76.8. The van der Waals surface area contributed by atoms with E-state index in [2.05, 4.69) is 120 Å². The molecule has 0 aliphatic carbocycles. The van der Waals surface area contributed by atoms with Gasteiger partial charge in [0, 0.05) is 113 Å². The van der Waals surface area contributed by atoms with Gasteiger partial charge in [0.2, 0.25) is 0 Å². The maximum atomic E-state index is 12.4. The van der Waals surface area contributed by atoms with Crippen LogP contribution >= 0.6 is 28.3 Å². The summed E-state index contributed by atoms with van der Waals surface area (Å²) in [6.45, 7) is 29.4. The number of imide groups is 1. The van der Waals surface area contributed by atoms with Gasteiger partial charge in [-0.15, -0.1) is 42.8 Å². The normalized spacial score (nSPS) is 10.9. The van der Waals surface area contributed by atoms with Crippen LogP contribution in [-0.2, 0) is 33.8 Å². The molecule has 4 aromatic heterocycles. The predicted octanol–water partition coefficient (Wildman–Crippen LogP) is 12.2. The molecule has 0 atom stereocenters. The van der Waals surface area contributed by atoms with E-state index in [1.807, 2.05) is 12.1 Å². The molecule has 484 valence electrons. The quantitative estimate of drug-likeness (QED) is 0.0438. The number of fused-ring (bicyclic) bond motifs is 4. The van der Waals surface area contributed by atoms with E-state index in [1.165, 1.54) is 18.2 Å². The van der Waals surface area contributed by atoms with E-state index in [0.29, 0.717) is 61.6 Å². The monoisotopic (exact) mass is 1370 g/mol.